The number of amides is 1. The minimum absolute atomic E-state index is 0.00976. The Hall–Kier alpha value is -1.29. The predicted molar refractivity (Wildman–Crippen MR) is 51.2 cm³/mol. The highest BCUT2D eigenvalue weighted by Crippen LogP contribution is 1.95. The second-order valence-corrected chi connectivity index (χ2v) is 2.94. The second kappa shape index (κ2) is 4.67. The molecule has 1 atom stereocenters. The molecular weight excluding hydrogens is 166 g/mol. The van der Waals surface area contributed by atoms with Crippen LogP contribution in [0.3, 0.4) is 0 Å². The standard InChI is InChI=1S/C9H15N3O/c1-7(9(13)10-2)12-6-8-3-4-11-5-8/h3-5,7,11-12H,6H2,1-2H3,(H,10,13). The SMILES string of the molecule is CNC(=O)C(C)NCc1cc[nH]c1. The molecule has 0 fully saturated rings. The van der Waals surface area contributed by atoms with Crippen LogP contribution >= 0.6 is 0 Å². The normalized spacial score (nSPS) is 12.5. The smallest absolute Gasteiger partial charge is 0.236 e. The molecule has 3 N–H and O–H groups in total. The molecule has 0 bridgehead atoms. The molecule has 0 aliphatic carbocycles. The lowest BCUT2D eigenvalue weighted by molar-refractivity contribution is -0.122. The van der Waals surface area contributed by atoms with E-state index >= 15 is 0 Å². The van der Waals surface area contributed by atoms with Crippen LogP contribution in [0.15, 0.2) is 18.5 Å². The molecular formula is C9H15N3O. The van der Waals surface area contributed by atoms with E-state index in [0.717, 1.165) is 5.56 Å². The number of hydrogen-bond acceptors (Lipinski definition) is 2. The van der Waals surface area contributed by atoms with Gasteiger partial charge in [-0.1, -0.05) is 0 Å². The number of carbonyl (C=O) groups is 1. The van der Waals surface area contributed by atoms with E-state index in [1.54, 1.807) is 7.05 Å². The van der Waals surface area contributed by atoms with Gasteiger partial charge in [-0.25, -0.2) is 0 Å². The highest BCUT2D eigenvalue weighted by Gasteiger charge is 2.08. The van der Waals surface area contributed by atoms with Crippen LogP contribution in [0.5, 0.6) is 0 Å². The van der Waals surface area contributed by atoms with Gasteiger partial charge >= 0.3 is 0 Å². The fourth-order valence-electron chi connectivity index (χ4n) is 1.05. The second-order valence-electron chi connectivity index (χ2n) is 2.94. The van der Waals surface area contributed by atoms with Crippen molar-refractivity contribution in [1.82, 2.24) is 15.6 Å². The Bertz CT molecular complexity index is 256. The Balaban J connectivity index is 2.30. The van der Waals surface area contributed by atoms with Gasteiger partial charge in [-0.2, -0.15) is 0 Å². The Kier molecular flexibility index (Phi) is 3.52. The quantitative estimate of drug-likeness (QED) is 0.623. The third kappa shape index (κ3) is 2.91. The van der Waals surface area contributed by atoms with E-state index in [9.17, 15) is 4.79 Å². The maximum Gasteiger partial charge on any atom is 0.236 e. The lowest BCUT2D eigenvalue weighted by Gasteiger charge is -2.10. The molecule has 0 aromatic carbocycles. The summed E-state index contributed by atoms with van der Waals surface area (Å²) >= 11 is 0. The Morgan fingerprint density at radius 2 is 2.46 bits per heavy atom. The third-order valence-electron chi connectivity index (χ3n) is 1.91. The molecule has 13 heavy (non-hydrogen) atoms. The number of likely N-dealkylation sites (N-methyl/N-ethyl adjacent to an activating group) is 1. The first-order chi connectivity index (χ1) is 6.24. The molecule has 1 heterocycles. The van der Waals surface area contributed by atoms with Crippen molar-refractivity contribution in [3.05, 3.63) is 24.0 Å². The van der Waals surface area contributed by atoms with Gasteiger partial charge in [0.15, 0.2) is 0 Å². The number of aromatic amines is 1. The van der Waals surface area contributed by atoms with Crippen LogP contribution < -0.4 is 10.6 Å². The van der Waals surface area contributed by atoms with Crippen molar-refractivity contribution >= 4 is 5.91 Å². The van der Waals surface area contributed by atoms with Gasteiger partial charge in [0, 0.05) is 26.0 Å². The molecule has 1 aromatic rings. The zero-order valence-electron chi connectivity index (χ0n) is 7.92. The Morgan fingerprint density at radius 1 is 1.69 bits per heavy atom. The topological polar surface area (TPSA) is 56.9 Å². The van der Waals surface area contributed by atoms with Crippen molar-refractivity contribution < 1.29 is 4.79 Å². The number of nitrogens with one attached hydrogen (secondary N) is 3. The van der Waals surface area contributed by atoms with Crippen LogP contribution in [0, 0.1) is 0 Å². The first kappa shape index (κ1) is 9.80. The highest BCUT2D eigenvalue weighted by atomic mass is 16.2. The third-order valence-corrected chi connectivity index (χ3v) is 1.91. The molecule has 0 aliphatic rings. The number of aromatic nitrogens is 1. The summed E-state index contributed by atoms with van der Waals surface area (Å²) in [6.45, 7) is 2.55. The molecule has 0 spiro atoms. The minimum Gasteiger partial charge on any atom is -0.367 e. The van der Waals surface area contributed by atoms with Crippen LogP contribution in [0.25, 0.3) is 0 Å². The molecule has 1 aromatic heterocycles. The molecule has 4 heteroatoms. The van der Waals surface area contributed by atoms with E-state index in [-0.39, 0.29) is 11.9 Å². The van der Waals surface area contributed by atoms with Gasteiger partial charge in [-0.15, -0.1) is 0 Å². The summed E-state index contributed by atoms with van der Waals surface area (Å²) < 4.78 is 0. The van der Waals surface area contributed by atoms with E-state index in [4.69, 9.17) is 0 Å². The maximum atomic E-state index is 11.1. The summed E-state index contributed by atoms with van der Waals surface area (Å²) in [5.41, 5.74) is 1.15. The molecule has 1 unspecified atom stereocenters. The van der Waals surface area contributed by atoms with Gasteiger partial charge in [-0.05, 0) is 18.6 Å². The van der Waals surface area contributed by atoms with Gasteiger partial charge in [0.05, 0.1) is 6.04 Å². The van der Waals surface area contributed by atoms with Crippen LogP contribution in [0.1, 0.15) is 12.5 Å². The number of hydrogen-bond donors (Lipinski definition) is 3. The predicted octanol–water partition coefficient (Wildman–Crippen LogP) is 0.239. The fraction of sp³-hybridized carbons (Fsp3) is 0.444. The summed E-state index contributed by atoms with van der Waals surface area (Å²) in [6, 6.07) is 1.82. The molecule has 0 saturated heterocycles. The average Bonchev–Trinajstić information content (AvgIpc) is 2.65. The Morgan fingerprint density at radius 3 is 3.00 bits per heavy atom. The van der Waals surface area contributed by atoms with Crippen LogP contribution in [-0.4, -0.2) is 24.0 Å². The van der Waals surface area contributed by atoms with Gasteiger partial charge in [0.1, 0.15) is 0 Å². The van der Waals surface area contributed by atoms with Crippen molar-refractivity contribution in [3.8, 4) is 0 Å². The van der Waals surface area contributed by atoms with Gasteiger partial charge in [0.25, 0.3) is 0 Å². The van der Waals surface area contributed by atoms with E-state index in [1.165, 1.54) is 0 Å². The molecule has 72 valence electrons. The van der Waals surface area contributed by atoms with E-state index in [2.05, 4.69) is 15.6 Å². The zero-order valence-corrected chi connectivity index (χ0v) is 7.92. The molecule has 1 rings (SSSR count). The summed E-state index contributed by atoms with van der Waals surface area (Å²) in [7, 11) is 1.64. The molecule has 4 nitrogen and oxygen atoms in total. The monoisotopic (exact) mass is 181 g/mol. The van der Waals surface area contributed by atoms with Crippen LogP contribution in [0.4, 0.5) is 0 Å². The van der Waals surface area contributed by atoms with E-state index in [1.807, 2.05) is 25.4 Å². The molecule has 1 amide bonds. The number of rotatable bonds is 4. The summed E-state index contributed by atoms with van der Waals surface area (Å²) in [5.74, 6) is 0.00976. The summed E-state index contributed by atoms with van der Waals surface area (Å²) in [5, 5.41) is 5.69. The summed E-state index contributed by atoms with van der Waals surface area (Å²) in [4.78, 5) is 14.0. The van der Waals surface area contributed by atoms with Crippen LogP contribution in [0.2, 0.25) is 0 Å². The van der Waals surface area contributed by atoms with Gasteiger partial charge in [0.2, 0.25) is 5.91 Å². The van der Waals surface area contributed by atoms with Crippen molar-refractivity contribution in [3.63, 3.8) is 0 Å². The van der Waals surface area contributed by atoms with Crippen molar-refractivity contribution in [2.75, 3.05) is 7.05 Å². The average molecular weight is 181 g/mol. The van der Waals surface area contributed by atoms with Gasteiger partial charge < -0.3 is 15.6 Å². The molecule has 0 radical (unpaired) electrons. The highest BCUT2D eigenvalue weighted by molar-refractivity contribution is 5.80. The van der Waals surface area contributed by atoms with Crippen LogP contribution in [-0.2, 0) is 11.3 Å². The van der Waals surface area contributed by atoms with Crippen molar-refractivity contribution in [2.24, 2.45) is 0 Å². The number of H-pyrrole nitrogens is 1. The molecule has 0 aliphatic heterocycles. The Labute approximate surface area is 77.7 Å². The van der Waals surface area contributed by atoms with Crippen molar-refractivity contribution in [1.29, 1.82) is 0 Å². The fourth-order valence-corrected chi connectivity index (χ4v) is 1.05. The lowest BCUT2D eigenvalue weighted by Crippen LogP contribution is -2.40. The maximum absolute atomic E-state index is 11.1. The largest absolute Gasteiger partial charge is 0.367 e. The van der Waals surface area contributed by atoms with Crippen molar-refractivity contribution in [2.45, 2.75) is 19.5 Å². The minimum atomic E-state index is -0.153. The van der Waals surface area contributed by atoms with Gasteiger partial charge in [-0.3, -0.25) is 4.79 Å². The zero-order chi connectivity index (χ0) is 9.68. The first-order valence-electron chi connectivity index (χ1n) is 4.30. The van der Waals surface area contributed by atoms with E-state index < -0.39 is 0 Å². The summed E-state index contributed by atoms with van der Waals surface area (Å²) in [6.07, 6.45) is 3.77. The number of carbonyl (C=O) groups excluding carboxylic acids is 1. The first-order valence-corrected chi connectivity index (χ1v) is 4.30. The van der Waals surface area contributed by atoms with E-state index in [0.29, 0.717) is 6.54 Å². The lowest BCUT2D eigenvalue weighted by atomic mass is 10.3. The molecule has 0 saturated carbocycles.